The lowest BCUT2D eigenvalue weighted by Gasteiger charge is -2.05. The number of fused-ring (bicyclic) bond motifs is 1. The average molecular weight is 411 g/mol. The highest BCUT2D eigenvalue weighted by Crippen LogP contribution is 2.32. The van der Waals surface area contributed by atoms with E-state index < -0.39 is 10.0 Å². The van der Waals surface area contributed by atoms with Gasteiger partial charge in [-0.05, 0) is 48.5 Å². The van der Waals surface area contributed by atoms with Crippen LogP contribution < -0.4 is 4.72 Å². The van der Waals surface area contributed by atoms with Gasteiger partial charge >= 0.3 is 0 Å². The number of anilines is 1. The number of phenolic OH excluding ortho intramolecular Hbond substituents is 1. The molecular weight excluding hydrogens is 398 g/mol. The van der Waals surface area contributed by atoms with Gasteiger partial charge in [0.1, 0.15) is 11.3 Å². The number of pyridine rings is 1. The van der Waals surface area contributed by atoms with Crippen molar-refractivity contribution in [1.29, 1.82) is 0 Å². The fourth-order valence-corrected chi connectivity index (χ4v) is 4.27. The third kappa shape index (κ3) is 3.68. The molecule has 0 aliphatic heterocycles. The molecule has 0 saturated heterocycles. The summed E-state index contributed by atoms with van der Waals surface area (Å²) in [6.07, 6.45) is 3.11. The Hall–Kier alpha value is -3.37. The largest absolute Gasteiger partial charge is 0.506 e. The van der Waals surface area contributed by atoms with Crippen LogP contribution in [-0.2, 0) is 10.0 Å². The highest BCUT2D eigenvalue weighted by molar-refractivity contribution is 7.93. The van der Waals surface area contributed by atoms with Gasteiger partial charge in [0, 0.05) is 23.2 Å². The van der Waals surface area contributed by atoms with Crippen LogP contribution in [0.5, 0.6) is 5.75 Å². The van der Waals surface area contributed by atoms with E-state index in [0.717, 1.165) is 0 Å². The van der Waals surface area contributed by atoms with Gasteiger partial charge in [-0.25, -0.2) is 13.4 Å². The van der Waals surface area contributed by atoms with Gasteiger partial charge in [0.05, 0.1) is 16.3 Å². The fourth-order valence-electron chi connectivity index (χ4n) is 2.48. The minimum absolute atomic E-state index is 0.0665. The number of thiazole rings is 1. The van der Waals surface area contributed by atoms with E-state index in [4.69, 9.17) is 0 Å². The standard InChI is InChI=1S/C18H13N5O3S2/c24-16-8-7-15(14-2-1-9-19-17(14)16)22-21-12-3-5-13(6-4-12)28(25,26)23-18-20-10-11-27-18/h1-11,24H,(H,20,23). The Morgan fingerprint density at radius 2 is 1.79 bits per heavy atom. The van der Waals surface area contributed by atoms with E-state index in [9.17, 15) is 13.5 Å². The van der Waals surface area contributed by atoms with Crippen molar-refractivity contribution in [3.05, 3.63) is 66.3 Å². The van der Waals surface area contributed by atoms with Crippen LogP contribution in [0.4, 0.5) is 16.5 Å². The van der Waals surface area contributed by atoms with E-state index in [0.29, 0.717) is 27.4 Å². The van der Waals surface area contributed by atoms with Gasteiger partial charge in [-0.2, -0.15) is 5.11 Å². The lowest BCUT2D eigenvalue weighted by Crippen LogP contribution is -2.12. The summed E-state index contributed by atoms with van der Waals surface area (Å²) in [6.45, 7) is 0. The maximum Gasteiger partial charge on any atom is 0.263 e. The highest BCUT2D eigenvalue weighted by Gasteiger charge is 2.15. The van der Waals surface area contributed by atoms with E-state index >= 15 is 0 Å². The summed E-state index contributed by atoms with van der Waals surface area (Å²) < 4.78 is 27.1. The smallest absolute Gasteiger partial charge is 0.263 e. The zero-order valence-corrected chi connectivity index (χ0v) is 15.9. The molecular formula is C18H13N5O3S2. The average Bonchev–Trinajstić information content (AvgIpc) is 3.20. The molecule has 0 unspecified atom stereocenters. The number of azo groups is 1. The van der Waals surface area contributed by atoms with Crippen LogP contribution in [0.15, 0.2) is 81.4 Å². The number of nitrogens with one attached hydrogen (secondary N) is 1. The lowest BCUT2D eigenvalue weighted by atomic mass is 10.2. The van der Waals surface area contributed by atoms with Crippen molar-refractivity contribution in [2.45, 2.75) is 4.90 Å². The van der Waals surface area contributed by atoms with Crippen LogP contribution in [-0.4, -0.2) is 23.5 Å². The summed E-state index contributed by atoms with van der Waals surface area (Å²) >= 11 is 1.20. The Kier molecular flexibility index (Phi) is 4.72. The summed E-state index contributed by atoms with van der Waals surface area (Å²) in [6, 6.07) is 12.7. The molecule has 4 rings (SSSR count). The van der Waals surface area contributed by atoms with Crippen LogP contribution in [0, 0.1) is 0 Å². The molecule has 2 heterocycles. The first kappa shape index (κ1) is 18.0. The maximum absolute atomic E-state index is 12.3. The molecule has 0 amide bonds. The predicted octanol–water partition coefficient (Wildman–Crippen LogP) is 4.61. The Balaban J connectivity index is 1.58. The van der Waals surface area contributed by atoms with Gasteiger partial charge in [-0.15, -0.1) is 16.5 Å². The van der Waals surface area contributed by atoms with Crippen molar-refractivity contribution in [2.75, 3.05) is 4.72 Å². The quantitative estimate of drug-likeness (QED) is 0.465. The molecule has 2 aromatic heterocycles. The third-order valence-corrected chi connectivity index (χ3v) is 5.97. The summed E-state index contributed by atoms with van der Waals surface area (Å²) in [5.41, 5.74) is 1.47. The van der Waals surface area contributed by atoms with E-state index in [1.165, 1.54) is 35.7 Å². The minimum atomic E-state index is -3.71. The van der Waals surface area contributed by atoms with Crippen LogP contribution in [0.1, 0.15) is 0 Å². The second kappa shape index (κ2) is 7.33. The number of sulfonamides is 1. The monoisotopic (exact) mass is 411 g/mol. The molecule has 0 radical (unpaired) electrons. The highest BCUT2D eigenvalue weighted by atomic mass is 32.2. The molecule has 0 fully saturated rings. The molecule has 2 N–H and O–H groups in total. The van der Waals surface area contributed by atoms with Crippen LogP contribution in [0.3, 0.4) is 0 Å². The molecule has 0 spiro atoms. The van der Waals surface area contributed by atoms with Crippen molar-refractivity contribution in [3.8, 4) is 5.75 Å². The third-order valence-electron chi connectivity index (χ3n) is 3.80. The van der Waals surface area contributed by atoms with Crippen LogP contribution in [0.2, 0.25) is 0 Å². The molecule has 4 aromatic rings. The van der Waals surface area contributed by atoms with E-state index in [2.05, 4.69) is 24.9 Å². The molecule has 0 aliphatic rings. The van der Waals surface area contributed by atoms with Gasteiger partial charge in [-0.1, -0.05) is 0 Å². The molecule has 28 heavy (non-hydrogen) atoms. The predicted molar refractivity (Wildman–Crippen MR) is 107 cm³/mol. The summed E-state index contributed by atoms with van der Waals surface area (Å²) in [5, 5.41) is 20.9. The zero-order chi connectivity index (χ0) is 19.6. The van der Waals surface area contributed by atoms with Gasteiger partial charge in [0.15, 0.2) is 5.13 Å². The number of phenols is 1. The fraction of sp³-hybridized carbons (Fsp3) is 0. The second-order valence-corrected chi connectivity index (χ2v) is 8.22. The topological polar surface area (TPSA) is 117 Å². The number of aromatic hydroxyl groups is 1. The molecule has 0 aliphatic carbocycles. The number of aromatic nitrogens is 2. The van der Waals surface area contributed by atoms with Crippen LogP contribution in [0.25, 0.3) is 10.9 Å². The normalized spacial score (nSPS) is 11.9. The molecule has 0 saturated carbocycles. The Morgan fingerprint density at radius 1 is 0.964 bits per heavy atom. The summed E-state index contributed by atoms with van der Waals surface area (Å²) in [5.74, 6) is 0.0665. The van der Waals surface area contributed by atoms with Crippen molar-refractivity contribution in [1.82, 2.24) is 9.97 Å². The van der Waals surface area contributed by atoms with Crippen LogP contribution >= 0.6 is 11.3 Å². The van der Waals surface area contributed by atoms with Crippen molar-refractivity contribution in [2.24, 2.45) is 10.2 Å². The summed E-state index contributed by atoms with van der Waals surface area (Å²) in [4.78, 5) is 8.14. The summed E-state index contributed by atoms with van der Waals surface area (Å²) in [7, 11) is -3.71. The number of nitrogens with zero attached hydrogens (tertiary/aromatic N) is 4. The molecule has 8 nitrogen and oxygen atoms in total. The number of benzene rings is 2. The van der Waals surface area contributed by atoms with Crippen molar-refractivity contribution < 1.29 is 13.5 Å². The van der Waals surface area contributed by atoms with Gasteiger partial charge in [0.25, 0.3) is 10.0 Å². The lowest BCUT2D eigenvalue weighted by molar-refractivity contribution is 0.480. The van der Waals surface area contributed by atoms with Gasteiger partial charge in [-0.3, -0.25) is 9.71 Å². The Labute approximate surface area is 164 Å². The molecule has 10 heteroatoms. The number of rotatable bonds is 5. The first-order valence-corrected chi connectivity index (χ1v) is 10.4. The van der Waals surface area contributed by atoms with Gasteiger partial charge in [0.2, 0.25) is 0 Å². The second-order valence-electron chi connectivity index (χ2n) is 5.64. The first-order chi connectivity index (χ1) is 13.5. The van der Waals surface area contributed by atoms with Crippen molar-refractivity contribution >= 4 is 48.8 Å². The Morgan fingerprint density at radius 3 is 2.54 bits per heavy atom. The van der Waals surface area contributed by atoms with E-state index in [-0.39, 0.29) is 10.6 Å². The maximum atomic E-state index is 12.3. The molecule has 2 aromatic carbocycles. The SMILES string of the molecule is O=S(=O)(Nc1nccs1)c1ccc(N=Nc2ccc(O)c3ncccc23)cc1. The molecule has 0 atom stereocenters. The van der Waals surface area contributed by atoms with Gasteiger partial charge < -0.3 is 5.11 Å². The van der Waals surface area contributed by atoms with E-state index in [1.54, 1.807) is 41.9 Å². The number of hydrogen-bond acceptors (Lipinski definition) is 8. The van der Waals surface area contributed by atoms with Crippen molar-refractivity contribution in [3.63, 3.8) is 0 Å². The first-order valence-electron chi connectivity index (χ1n) is 8.04. The molecule has 140 valence electrons. The number of hydrogen-bond donors (Lipinski definition) is 2. The minimum Gasteiger partial charge on any atom is -0.506 e. The Bertz CT molecular complexity index is 1250. The van der Waals surface area contributed by atoms with E-state index in [1.807, 2.05) is 0 Å². The molecule has 0 bridgehead atoms. The zero-order valence-electron chi connectivity index (χ0n) is 14.2.